The molecule has 0 aromatic heterocycles. The molecule has 0 aliphatic carbocycles. The van der Waals surface area contributed by atoms with Gasteiger partial charge < -0.3 is 14.8 Å². The van der Waals surface area contributed by atoms with E-state index in [2.05, 4.69) is 5.32 Å². The Kier molecular flexibility index (Phi) is 7.55. The molecule has 1 N–H and O–H groups in total. The molecule has 3 aromatic carbocycles. The Morgan fingerprint density at radius 2 is 1.47 bits per heavy atom. The van der Waals surface area contributed by atoms with Crippen LogP contribution in [0.15, 0.2) is 84.9 Å². The zero-order valence-electron chi connectivity index (χ0n) is 16.3. The molecule has 5 nitrogen and oxygen atoms in total. The summed E-state index contributed by atoms with van der Waals surface area (Å²) >= 11 is 0. The van der Waals surface area contributed by atoms with Crippen molar-refractivity contribution in [2.24, 2.45) is 0 Å². The molecule has 3 rings (SSSR count). The van der Waals surface area contributed by atoms with Gasteiger partial charge in [0, 0.05) is 12.0 Å². The summed E-state index contributed by atoms with van der Waals surface area (Å²) in [6, 6.07) is 22.8. The first-order valence-corrected chi connectivity index (χ1v) is 9.56. The minimum atomic E-state index is -0.842. The molecule has 0 unspecified atom stereocenters. The van der Waals surface area contributed by atoms with Crippen molar-refractivity contribution < 1.29 is 23.5 Å². The molecule has 1 amide bonds. The van der Waals surface area contributed by atoms with Crippen LogP contribution in [-0.2, 0) is 16.0 Å². The number of carbonyl (C=O) groups excluding carboxylic acids is 2. The van der Waals surface area contributed by atoms with E-state index in [9.17, 15) is 14.0 Å². The van der Waals surface area contributed by atoms with Crippen molar-refractivity contribution in [2.45, 2.75) is 12.5 Å². The normalized spacial score (nSPS) is 11.4. The monoisotopic (exact) mass is 407 g/mol. The Morgan fingerprint density at radius 3 is 2.13 bits per heavy atom. The maximum Gasteiger partial charge on any atom is 0.329 e. The average molecular weight is 407 g/mol. The molecule has 30 heavy (non-hydrogen) atoms. The first kappa shape index (κ1) is 21.0. The highest BCUT2D eigenvalue weighted by Crippen LogP contribution is 2.11. The molecule has 154 valence electrons. The van der Waals surface area contributed by atoms with Crippen LogP contribution in [0.25, 0.3) is 0 Å². The number of amides is 1. The van der Waals surface area contributed by atoms with E-state index in [1.807, 2.05) is 36.4 Å². The van der Waals surface area contributed by atoms with E-state index < -0.39 is 12.0 Å². The molecule has 0 saturated carbocycles. The maximum absolute atomic E-state index is 12.9. The second-order valence-electron chi connectivity index (χ2n) is 6.55. The molecule has 0 radical (unpaired) electrons. The van der Waals surface area contributed by atoms with Gasteiger partial charge >= 0.3 is 5.97 Å². The molecular weight excluding hydrogens is 385 g/mol. The number of nitrogens with one attached hydrogen (secondary N) is 1. The number of ether oxygens (including phenoxy) is 2. The number of hydrogen-bond donors (Lipinski definition) is 1. The maximum atomic E-state index is 12.9. The van der Waals surface area contributed by atoms with E-state index in [0.717, 1.165) is 5.56 Å². The third kappa shape index (κ3) is 6.44. The largest absolute Gasteiger partial charge is 0.490 e. The summed E-state index contributed by atoms with van der Waals surface area (Å²) in [6.45, 7) is 0.116. The lowest BCUT2D eigenvalue weighted by atomic mass is 10.1. The number of hydrogen-bond acceptors (Lipinski definition) is 4. The van der Waals surface area contributed by atoms with Crippen LogP contribution < -0.4 is 10.1 Å². The average Bonchev–Trinajstić information content (AvgIpc) is 2.78. The Balaban J connectivity index is 1.57. The first-order valence-electron chi connectivity index (χ1n) is 9.56. The van der Waals surface area contributed by atoms with Gasteiger partial charge in [0.05, 0.1) is 0 Å². The van der Waals surface area contributed by atoms with Gasteiger partial charge in [-0.25, -0.2) is 9.18 Å². The first-order chi connectivity index (χ1) is 14.6. The highest BCUT2D eigenvalue weighted by atomic mass is 19.1. The molecule has 3 aromatic rings. The fourth-order valence-corrected chi connectivity index (χ4v) is 2.81. The molecule has 0 heterocycles. The van der Waals surface area contributed by atoms with Crippen molar-refractivity contribution >= 4 is 11.9 Å². The smallest absolute Gasteiger partial charge is 0.329 e. The van der Waals surface area contributed by atoms with E-state index >= 15 is 0 Å². The third-order valence-electron chi connectivity index (χ3n) is 4.32. The fraction of sp³-hybridized carbons (Fsp3) is 0.167. The Hall–Kier alpha value is -3.67. The van der Waals surface area contributed by atoms with Crippen molar-refractivity contribution in [1.29, 1.82) is 0 Å². The third-order valence-corrected chi connectivity index (χ3v) is 4.32. The zero-order valence-corrected chi connectivity index (χ0v) is 16.3. The Bertz CT molecular complexity index is 946. The van der Waals surface area contributed by atoms with Crippen LogP contribution in [0.3, 0.4) is 0 Å². The standard InChI is InChI=1S/C24H22FNO4/c25-20-11-13-21(14-12-20)29-15-16-30-24(28)22(17-18-7-3-1-4-8-18)26-23(27)19-9-5-2-6-10-19/h1-14,22H,15-17H2,(H,26,27)/t22-/m1/s1. The fourth-order valence-electron chi connectivity index (χ4n) is 2.81. The van der Waals surface area contributed by atoms with Crippen molar-refractivity contribution in [1.82, 2.24) is 5.32 Å². The molecular formula is C24H22FNO4. The Labute approximate surface area is 174 Å². The van der Waals surface area contributed by atoms with Gasteiger partial charge in [-0.1, -0.05) is 48.5 Å². The van der Waals surface area contributed by atoms with Crippen LogP contribution in [-0.4, -0.2) is 31.1 Å². The highest BCUT2D eigenvalue weighted by Gasteiger charge is 2.23. The van der Waals surface area contributed by atoms with Crippen molar-refractivity contribution in [3.05, 3.63) is 102 Å². The van der Waals surface area contributed by atoms with Crippen LogP contribution in [0.5, 0.6) is 5.75 Å². The van der Waals surface area contributed by atoms with E-state index in [1.165, 1.54) is 24.3 Å². The van der Waals surface area contributed by atoms with Crippen LogP contribution in [0.1, 0.15) is 15.9 Å². The number of halogens is 1. The van der Waals surface area contributed by atoms with Gasteiger partial charge in [0.1, 0.15) is 30.8 Å². The summed E-state index contributed by atoms with van der Waals surface area (Å²) in [5.41, 5.74) is 1.36. The predicted octanol–water partition coefficient (Wildman–Crippen LogP) is 3.79. The summed E-state index contributed by atoms with van der Waals surface area (Å²) in [6.07, 6.45) is 0.303. The van der Waals surface area contributed by atoms with Gasteiger partial charge in [-0.3, -0.25) is 4.79 Å². The molecule has 1 atom stereocenters. The number of esters is 1. The van der Waals surface area contributed by atoms with E-state index in [1.54, 1.807) is 24.3 Å². The van der Waals surface area contributed by atoms with Gasteiger partial charge in [0.15, 0.2) is 0 Å². The highest BCUT2D eigenvalue weighted by molar-refractivity contribution is 5.96. The van der Waals surface area contributed by atoms with Crippen LogP contribution in [0.2, 0.25) is 0 Å². The minimum Gasteiger partial charge on any atom is -0.490 e. The van der Waals surface area contributed by atoms with Crippen molar-refractivity contribution in [3.8, 4) is 5.75 Å². The minimum absolute atomic E-state index is 0.00269. The van der Waals surface area contributed by atoms with Crippen LogP contribution in [0, 0.1) is 5.82 Å². The predicted molar refractivity (Wildman–Crippen MR) is 111 cm³/mol. The van der Waals surface area contributed by atoms with Gasteiger partial charge in [0.25, 0.3) is 5.91 Å². The van der Waals surface area contributed by atoms with E-state index in [0.29, 0.717) is 17.7 Å². The lowest BCUT2D eigenvalue weighted by Gasteiger charge is -2.18. The molecule has 0 aliphatic heterocycles. The molecule has 0 aliphatic rings. The molecule has 0 fully saturated rings. The summed E-state index contributed by atoms with van der Waals surface area (Å²) in [4.78, 5) is 25.1. The summed E-state index contributed by atoms with van der Waals surface area (Å²) in [7, 11) is 0. The SMILES string of the molecule is O=C(N[C@H](Cc1ccccc1)C(=O)OCCOc1ccc(F)cc1)c1ccccc1. The van der Waals surface area contributed by atoms with Crippen LogP contribution >= 0.6 is 0 Å². The summed E-state index contributed by atoms with van der Waals surface area (Å²) < 4.78 is 23.7. The topological polar surface area (TPSA) is 64.6 Å². The molecule has 0 bridgehead atoms. The van der Waals surface area contributed by atoms with Gasteiger partial charge in [0.2, 0.25) is 0 Å². The summed E-state index contributed by atoms with van der Waals surface area (Å²) in [5.74, 6) is -0.778. The Morgan fingerprint density at radius 1 is 0.833 bits per heavy atom. The lowest BCUT2D eigenvalue weighted by Crippen LogP contribution is -2.43. The van der Waals surface area contributed by atoms with E-state index in [-0.39, 0.29) is 24.9 Å². The quantitative estimate of drug-likeness (QED) is 0.433. The van der Waals surface area contributed by atoms with Crippen molar-refractivity contribution in [3.63, 3.8) is 0 Å². The second-order valence-corrected chi connectivity index (χ2v) is 6.55. The molecule has 0 saturated heterocycles. The van der Waals surface area contributed by atoms with Gasteiger partial charge in [-0.05, 0) is 42.0 Å². The second kappa shape index (κ2) is 10.8. The van der Waals surface area contributed by atoms with E-state index in [4.69, 9.17) is 9.47 Å². The lowest BCUT2D eigenvalue weighted by molar-refractivity contribution is -0.146. The molecule has 6 heteroatoms. The summed E-state index contributed by atoms with van der Waals surface area (Å²) in [5, 5.41) is 2.75. The van der Waals surface area contributed by atoms with Crippen LogP contribution in [0.4, 0.5) is 4.39 Å². The number of benzene rings is 3. The molecule has 0 spiro atoms. The number of rotatable bonds is 9. The van der Waals surface area contributed by atoms with Gasteiger partial charge in [-0.15, -0.1) is 0 Å². The zero-order chi connectivity index (χ0) is 21.2. The number of carbonyl (C=O) groups is 2. The van der Waals surface area contributed by atoms with Crippen molar-refractivity contribution in [2.75, 3.05) is 13.2 Å². The van der Waals surface area contributed by atoms with Gasteiger partial charge in [-0.2, -0.15) is 0 Å².